The van der Waals surface area contributed by atoms with Gasteiger partial charge >= 0.3 is 6.09 Å². The van der Waals surface area contributed by atoms with Gasteiger partial charge in [0.2, 0.25) is 5.91 Å². The topological polar surface area (TPSA) is 131 Å². The predicted molar refractivity (Wildman–Crippen MR) is 150 cm³/mol. The quantitative estimate of drug-likeness (QED) is 0.328. The first kappa shape index (κ1) is 30.9. The molecule has 2 aromatic rings. The molecule has 0 heterocycles. The Bertz CT molecular complexity index is 1270. The predicted octanol–water partition coefficient (Wildman–Crippen LogP) is 4.18. The first-order valence-corrected chi connectivity index (χ1v) is 12.7. The Balaban J connectivity index is 2.55. The highest BCUT2D eigenvalue weighted by molar-refractivity contribution is 6.00. The summed E-state index contributed by atoms with van der Waals surface area (Å²) in [6.45, 7) is 12.6. The third-order valence-corrected chi connectivity index (χ3v) is 6.13. The van der Waals surface area contributed by atoms with E-state index in [-0.39, 0.29) is 12.8 Å². The van der Waals surface area contributed by atoms with Crippen LogP contribution in [-0.2, 0) is 19.1 Å². The van der Waals surface area contributed by atoms with Crippen LogP contribution in [0.4, 0.5) is 10.5 Å². The Hall–Kier alpha value is -4.32. The molecule has 0 aliphatic rings. The highest BCUT2D eigenvalue weighted by Gasteiger charge is 2.36. The summed E-state index contributed by atoms with van der Waals surface area (Å²) in [5.74, 6) is -1.96. The van der Waals surface area contributed by atoms with Gasteiger partial charge < -0.3 is 21.1 Å². The summed E-state index contributed by atoms with van der Waals surface area (Å²) >= 11 is 0. The lowest BCUT2D eigenvalue weighted by Crippen LogP contribution is -2.51. The highest BCUT2D eigenvalue weighted by atomic mass is 16.6. The minimum Gasteiger partial charge on any atom is -0.444 e. The van der Waals surface area contributed by atoms with Crippen LogP contribution in [0.2, 0.25) is 0 Å². The number of amides is 4. The molecule has 2 aromatic carbocycles. The van der Waals surface area contributed by atoms with Crippen LogP contribution in [0.3, 0.4) is 0 Å². The summed E-state index contributed by atoms with van der Waals surface area (Å²) in [6, 6.07) is 10.8. The zero-order valence-corrected chi connectivity index (χ0v) is 23.7. The molecule has 2 unspecified atom stereocenters. The Morgan fingerprint density at radius 1 is 1.00 bits per heavy atom. The zero-order chi connectivity index (χ0) is 29.5. The van der Waals surface area contributed by atoms with E-state index in [1.54, 1.807) is 32.9 Å². The zero-order valence-electron chi connectivity index (χ0n) is 23.7. The molecule has 0 radical (unpaired) electrons. The molecule has 0 spiro atoms. The van der Waals surface area contributed by atoms with E-state index in [1.807, 2.05) is 52.0 Å². The molecule has 0 aromatic heterocycles. The van der Waals surface area contributed by atoms with Crippen molar-refractivity contribution in [1.82, 2.24) is 10.2 Å². The van der Waals surface area contributed by atoms with E-state index < -0.39 is 41.5 Å². The summed E-state index contributed by atoms with van der Waals surface area (Å²) in [6.07, 6.45) is 4.63. The molecule has 2 atom stereocenters. The monoisotopic (exact) mass is 534 g/mol. The number of hydrogen-bond acceptors (Lipinski definition) is 5. The number of anilines is 1. The van der Waals surface area contributed by atoms with E-state index in [9.17, 15) is 19.2 Å². The number of terminal acetylenes is 1. The SMILES string of the molecule is C#CN(C(=O)C(CCC(N)=O)NC(=O)OC(C)(C)C)C(C(=O)Nc1c(C)cccc1C)c1ccc(C)c(C)c1. The van der Waals surface area contributed by atoms with Crippen LogP contribution in [0.5, 0.6) is 0 Å². The highest BCUT2D eigenvalue weighted by Crippen LogP contribution is 2.28. The molecular formula is C30H38N4O5. The molecular weight excluding hydrogens is 496 g/mol. The van der Waals surface area contributed by atoms with Gasteiger partial charge in [0.25, 0.3) is 11.8 Å². The number of nitrogens with zero attached hydrogens (tertiary/aromatic N) is 1. The summed E-state index contributed by atoms with van der Waals surface area (Å²) < 4.78 is 5.30. The van der Waals surface area contributed by atoms with Gasteiger partial charge in [-0.3, -0.25) is 19.3 Å². The van der Waals surface area contributed by atoms with Crippen LogP contribution in [0.15, 0.2) is 36.4 Å². The number of carbonyl (C=O) groups is 4. The number of nitrogens with one attached hydrogen (secondary N) is 2. The Morgan fingerprint density at radius 2 is 1.62 bits per heavy atom. The minimum absolute atomic E-state index is 0.135. The van der Waals surface area contributed by atoms with Gasteiger partial charge in [0.15, 0.2) is 0 Å². The number of alkyl carbamates (subject to hydrolysis) is 1. The van der Waals surface area contributed by atoms with Crippen LogP contribution >= 0.6 is 0 Å². The lowest BCUT2D eigenvalue weighted by molar-refractivity contribution is -0.137. The lowest BCUT2D eigenvalue weighted by Gasteiger charge is -2.31. The number of hydrogen-bond donors (Lipinski definition) is 3. The number of para-hydroxylation sites is 1. The van der Waals surface area contributed by atoms with Crippen molar-refractivity contribution in [3.8, 4) is 12.5 Å². The smallest absolute Gasteiger partial charge is 0.408 e. The number of benzene rings is 2. The van der Waals surface area contributed by atoms with Crippen molar-refractivity contribution in [1.29, 1.82) is 0 Å². The normalized spacial score (nSPS) is 12.5. The van der Waals surface area contributed by atoms with Gasteiger partial charge in [-0.2, -0.15) is 0 Å². The standard InChI is InChI=1S/C30H38N4O5/c1-9-34(28(37)23(15-16-24(31)35)32-29(38)39-30(6,7)8)26(22-14-13-18(2)21(5)17-22)27(36)33-25-19(3)11-10-12-20(25)4/h1,10-14,17,23,26H,15-16H2,2-8H3,(H2,31,35)(H,32,38)(H,33,36). The molecule has 9 heteroatoms. The average Bonchev–Trinajstić information content (AvgIpc) is 2.82. The first-order valence-electron chi connectivity index (χ1n) is 12.7. The van der Waals surface area contributed by atoms with Gasteiger partial charge in [0, 0.05) is 18.2 Å². The Kier molecular flexibility index (Phi) is 10.3. The number of nitrogens with two attached hydrogens (primary N) is 1. The molecule has 0 bridgehead atoms. The van der Waals surface area contributed by atoms with Gasteiger partial charge in [-0.25, -0.2) is 4.79 Å². The second-order valence-corrected chi connectivity index (χ2v) is 10.5. The molecule has 0 fully saturated rings. The molecule has 9 nitrogen and oxygen atoms in total. The largest absolute Gasteiger partial charge is 0.444 e. The Labute approximate surface area is 230 Å². The fourth-order valence-electron chi connectivity index (χ4n) is 3.98. The van der Waals surface area contributed by atoms with Crippen molar-refractivity contribution in [3.63, 3.8) is 0 Å². The van der Waals surface area contributed by atoms with Crippen molar-refractivity contribution in [3.05, 3.63) is 64.2 Å². The van der Waals surface area contributed by atoms with Gasteiger partial charge in [0.1, 0.15) is 17.7 Å². The number of primary amides is 1. The van der Waals surface area contributed by atoms with Gasteiger partial charge in [-0.1, -0.05) is 42.8 Å². The minimum atomic E-state index is -1.27. The van der Waals surface area contributed by atoms with E-state index >= 15 is 0 Å². The second-order valence-electron chi connectivity index (χ2n) is 10.5. The molecule has 0 aliphatic carbocycles. The van der Waals surface area contributed by atoms with E-state index in [0.29, 0.717) is 11.3 Å². The van der Waals surface area contributed by atoms with E-state index in [0.717, 1.165) is 27.2 Å². The molecule has 4 N–H and O–H groups in total. The van der Waals surface area contributed by atoms with Crippen molar-refractivity contribution in [2.45, 2.75) is 79.0 Å². The number of rotatable bonds is 9. The van der Waals surface area contributed by atoms with Crippen LogP contribution in [0.1, 0.15) is 67.5 Å². The maximum absolute atomic E-state index is 13.8. The third-order valence-electron chi connectivity index (χ3n) is 6.13. The molecule has 4 amide bonds. The molecule has 208 valence electrons. The van der Waals surface area contributed by atoms with E-state index in [4.69, 9.17) is 16.9 Å². The van der Waals surface area contributed by atoms with Crippen LogP contribution in [0.25, 0.3) is 0 Å². The van der Waals surface area contributed by atoms with Crippen molar-refractivity contribution < 1.29 is 23.9 Å². The number of ether oxygens (including phenoxy) is 1. The number of carbonyl (C=O) groups excluding carboxylic acids is 4. The summed E-state index contributed by atoms with van der Waals surface area (Å²) in [4.78, 5) is 52.7. The molecule has 39 heavy (non-hydrogen) atoms. The lowest BCUT2D eigenvalue weighted by atomic mass is 9.98. The van der Waals surface area contributed by atoms with Crippen LogP contribution < -0.4 is 16.4 Å². The summed E-state index contributed by atoms with van der Waals surface area (Å²) in [5.41, 5.74) is 9.15. The second kappa shape index (κ2) is 13.0. The van der Waals surface area contributed by atoms with Crippen molar-refractivity contribution in [2.24, 2.45) is 5.73 Å². The van der Waals surface area contributed by atoms with Gasteiger partial charge in [0.05, 0.1) is 0 Å². The maximum Gasteiger partial charge on any atom is 0.408 e. The van der Waals surface area contributed by atoms with Crippen molar-refractivity contribution in [2.75, 3.05) is 5.32 Å². The number of aryl methyl sites for hydroxylation is 4. The molecule has 0 saturated carbocycles. The Morgan fingerprint density at radius 3 is 2.13 bits per heavy atom. The average molecular weight is 535 g/mol. The summed E-state index contributed by atoms with van der Waals surface area (Å²) in [7, 11) is 0. The third kappa shape index (κ3) is 8.60. The van der Waals surface area contributed by atoms with Crippen molar-refractivity contribution >= 4 is 29.5 Å². The van der Waals surface area contributed by atoms with Crippen LogP contribution in [-0.4, -0.2) is 40.4 Å². The fraction of sp³-hybridized carbons (Fsp3) is 0.400. The molecule has 2 rings (SSSR count). The van der Waals surface area contributed by atoms with E-state index in [1.165, 1.54) is 0 Å². The molecule has 0 saturated heterocycles. The van der Waals surface area contributed by atoms with Gasteiger partial charge in [-0.15, -0.1) is 0 Å². The first-order chi connectivity index (χ1) is 18.1. The van der Waals surface area contributed by atoms with Gasteiger partial charge in [-0.05, 0) is 82.7 Å². The van der Waals surface area contributed by atoms with Crippen LogP contribution in [0, 0.1) is 40.2 Å². The summed E-state index contributed by atoms with van der Waals surface area (Å²) in [5, 5.41) is 5.42. The van der Waals surface area contributed by atoms with E-state index in [2.05, 4.69) is 16.7 Å². The maximum atomic E-state index is 13.8. The molecule has 0 aliphatic heterocycles. The fourth-order valence-corrected chi connectivity index (χ4v) is 3.98.